The molecule has 2 rings (SSSR count). The number of rotatable bonds is 4. The van der Waals surface area contributed by atoms with Gasteiger partial charge >= 0.3 is 6.03 Å². The van der Waals surface area contributed by atoms with Gasteiger partial charge in [0.05, 0.1) is 6.61 Å². The molecular weight excluding hydrogens is 332 g/mol. The van der Waals surface area contributed by atoms with Crippen LogP contribution in [0.15, 0.2) is 22.7 Å². The molecule has 0 unspecified atom stereocenters. The second kappa shape index (κ2) is 7.27. The predicted octanol–water partition coefficient (Wildman–Crippen LogP) is 3.82. The number of nitrogens with one attached hydrogen (secondary N) is 2. The molecule has 1 aromatic rings. The van der Waals surface area contributed by atoms with Crippen LogP contribution < -0.4 is 10.6 Å². The van der Waals surface area contributed by atoms with Crippen LogP contribution in [0, 0.1) is 12.3 Å². The van der Waals surface area contributed by atoms with E-state index in [9.17, 15) is 9.90 Å². The summed E-state index contributed by atoms with van der Waals surface area (Å²) in [6, 6.07) is 5.50. The van der Waals surface area contributed by atoms with E-state index in [-0.39, 0.29) is 18.1 Å². The molecular formula is C16H23BrN2O2. The van der Waals surface area contributed by atoms with Gasteiger partial charge in [-0.2, -0.15) is 0 Å². The highest BCUT2D eigenvalue weighted by Gasteiger charge is 2.31. The molecule has 4 nitrogen and oxygen atoms in total. The normalized spacial score (nSPS) is 17.3. The number of hydrogen-bond donors (Lipinski definition) is 3. The SMILES string of the molecule is Cc1ccc(NC(=O)NCC2(CO)CCCCC2)cc1Br. The standard InChI is InChI=1S/C16H23BrN2O2/c1-12-5-6-13(9-14(12)17)19-15(21)18-10-16(11-20)7-3-2-4-8-16/h5-6,9,20H,2-4,7-8,10-11H2,1H3,(H2,18,19,21). The van der Waals surface area contributed by atoms with Crippen LogP contribution >= 0.6 is 15.9 Å². The van der Waals surface area contributed by atoms with Crippen molar-refractivity contribution in [3.63, 3.8) is 0 Å². The smallest absolute Gasteiger partial charge is 0.319 e. The third kappa shape index (κ3) is 4.45. The minimum absolute atomic E-state index is 0.135. The van der Waals surface area contributed by atoms with Crippen LogP contribution in [-0.2, 0) is 0 Å². The summed E-state index contributed by atoms with van der Waals surface area (Å²) in [5.41, 5.74) is 1.75. The molecule has 5 heteroatoms. The van der Waals surface area contributed by atoms with E-state index in [0.717, 1.165) is 41.4 Å². The van der Waals surface area contributed by atoms with Gasteiger partial charge in [-0.05, 0) is 37.5 Å². The van der Waals surface area contributed by atoms with Crippen molar-refractivity contribution in [3.05, 3.63) is 28.2 Å². The molecule has 0 spiro atoms. The third-order valence-electron chi connectivity index (χ3n) is 4.30. The van der Waals surface area contributed by atoms with Crippen LogP contribution in [0.4, 0.5) is 10.5 Å². The average Bonchev–Trinajstić information content (AvgIpc) is 2.50. The van der Waals surface area contributed by atoms with Gasteiger partial charge in [-0.1, -0.05) is 41.3 Å². The van der Waals surface area contributed by atoms with Gasteiger partial charge in [-0.25, -0.2) is 4.79 Å². The molecule has 21 heavy (non-hydrogen) atoms. The number of urea groups is 1. The zero-order chi connectivity index (χ0) is 15.3. The number of anilines is 1. The summed E-state index contributed by atoms with van der Waals surface area (Å²) in [7, 11) is 0. The van der Waals surface area contributed by atoms with Gasteiger partial charge in [0, 0.05) is 22.1 Å². The van der Waals surface area contributed by atoms with Gasteiger partial charge in [-0.15, -0.1) is 0 Å². The van der Waals surface area contributed by atoms with E-state index in [1.54, 1.807) is 0 Å². The summed E-state index contributed by atoms with van der Waals surface area (Å²) >= 11 is 3.45. The predicted molar refractivity (Wildman–Crippen MR) is 88.5 cm³/mol. The van der Waals surface area contributed by atoms with Crippen LogP contribution in [0.2, 0.25) is 0 Å². The molecule has 116 valence electrons. The molecule has 0 aromatic heterocycles. The van der Waals surface area contributed by atoms with Crippen molar-refractivity contribution in [2.75, 3.05) is 18.5 Å². The summed E-state index contributed by atoms with van der Waals surface area (Å²) in [6.07, 6.45) is 5.47. The molecule has 1 aliphatic rings. The Hall–Kier alpha value is -1.07. The summed E-state index contributed by atoms with van der Waals surface area (Å²) < 4.78 is 0.972. The highest BCUT2D eigenvalue weighted by molar-refractivity contribution is 9.10. The lowest BCUT2D eigenvalue weighted by atomic mass is 9.74. The van der Waals surface area contributed by atoms with Gasteiger partial charge in [0.15, 0.2) is 0 Å². The lowest BCUT2D eigenvalue weighted by Gasteiger charge is -2.35. The van der Waals surface area contributed by atoms with Crippen molar-refractivity contribution in [2.24, 2.45) is 5.41 Å². The maximum atomic E-state index is 12.0. The summed E-state index contributed by atoms with van der Waals surface area (Å²) in [4.78, 5) is 12.0. The number of carbonyl (C=O) groups excluding carboxylic acids is 1. The molecule has 1 fully saturated rings. The van der Waals surface area contributed by atoms with E-state index in [1.807, 2.05) is 25.1 Å². The molecule has 0 saturated heterocycles. The van der Waals surface area contributed by atoms with E-state index in [0.29, 0.717) is 6.54 Å². The van der Waals surface area contributed by atoms with Crippen LogP contribution in [0.25, 0.3) is 0 Å². The van der Waals surface area contributed by atoms with Crippen LogP contribution in [-0.4, -0.2) is 24.3 Å². The van der Waals surface area contributed by atoms with Crippen molar-refractivity contribution < 1.29 is 9.90 Å². The number of benzene rings is 1. The Labute approximate surface area is 134 Å². The summed E-state index contributed by atoms with van der Waals surface area (Å²) in [6.45, 7) is 2.67. The number of amides is 2. The lowest BCUT2D eigenvalue weighted by Crippen LogP contribution is -2.42. The molecule has 2 amide bonds. The fourth-order valence-electron chi connectivity index (χ4n) is 2.81. The Balaban J connectivity index is 1.87. The lowest BCUT2D eigenvalue weighted by molar-refractivity contribution is 0.0840. The molecule has 0 aliphatic heterocycles. The molecule has 1 aromatic carbocycles. The number of aliphatic hydroxyl groups is 1. The van der Waals surface area contributed by atoms with Gasteiger partial charge in [0.2, 0.25) is 0 Å². The Bertz CT molecular complexity index is 499. The topological polar surface area (TPSA) is 61.4 Å². The second-order valence-corrected chi connectivity index (χ2v) is 6.84. The first kappa shape index (κ1) is 16.3. The molecule has 3 N–H and O–H groups in total. The maximum absolute atomic E-state index is 12.0. The first-order valence-electron chi connectivity index (χ1n) is 7.47. The minimum Gasteiger partial charge on any atom is -0.396 e. The number of hydrogen-bond acceptors (Lipinski definition) is 2. The zero-order valence-electron chi connectivity index (χ0n) is 12.4. The van der Waals surface area contributed by atoms with Crippen molar-refractivity contribution >= 4 is 27.6 Å². The first-order valence-corrected chi connectivity index (χ1v) is 8.26. The number of carbonyl (C=O) groups is 1. The number of aryl methyl sites for hydroxylation is 1. The summed E-state index contributed by atoms with van der Waals surface area (Å²) in [5.74, 6) is 0. The van der Waals surface area contributed by atoms with E-state index in [2.05, 4.69) is 26.6 Å². The maximum Gasteiger partial charge on any atom is 0.319 e. The fourth-order valence-corrected chi connectivity index (χ4v) is 3.19. The fraction of sp³-hybridized carbons (Fsp3) is 0.562. The molecule has 0 radical (unpaired) electrons. The van der Waals surface area contributed by atoms with Crippen LogP contribution in [0.3, 0.4) is 0 Å². The Kier molecular flexibility index (Phi) is 5.65. The summed E-state index contributed by atoms with van der Waals surface area (Å²) in [5, 5.41) is 15.4. The zero-order valence-corrected chi connectivity index (χ0v) is 14.0. The van der Waals surface area contributed by atoms with E-state index in [1.165, 1.54) is 6.42 Å². The quantitative estimate of drug-likeness (QED) is 0.769. The Morgan fingerprint density at radius 2 is 2.05 bits per heavy atom. The largest absolute Gasteiger partial charge is 0.396 e. The van der Waals surface area contributed by atoms with Crippen LogP contribution in [0.1, 0.15) is 37.7 Å². The van der Waals surface area contributed by atoms with Gasteiger partial charge < -0.3 is 15.7 Å². The van der Waals surface area contributed by atoms with Crippen LogP contribution in [0.5, 0.6) is 0 Å². The molecule has 0 heterocycles. The molecule has 0 bridgehead atoms. The Morgan fingerprint density at radius 1 is 1.33 bits per heavy atom. The minimum atomic E-state index is -0.218. The second-order valence-electron chi connectivity index (χ2n) is 5.99. The van der Waals surface area contributed by atoms with Gasteiger partial charge in [0.25, 0.3) is 0 Å². The molecule has 0 atom stereocenters. The van der Waals surface area contributed by atoms with Crippen molar-refractivity contribution in [1.29, 1.82) is 0 Å². The highest BCUT2D eigenvalue weighted by atomic mass is 79.9. The van der Waals surface area contributed by atoms with Gasteiger partial charge in [-0.3, -0.25) is 0 Å². The van der Waals surface area contributed by atoms with Gasteiger partial charge in [0.1, 0.15) is 0 Å². The van der Waals surface area contributed by atoms with Crippen molar-refractivity contribution in [2.45, 2.75) is 39.0 Å². The third-order valence-corrected chi connectivity index (χ3v) is 5.16. The van der Waals surface area contributed by atoms with E-state index in [4.69, 9.17) is 0 Å². The van der Waals surface area contributed by atoms with E-state index < -0.39 is 0 Å². The monoisotopic (exact) mass is 354 g/mol. The van der Waals surface area contributed by atoms with Crippen molar-refractivity contribution in [1.82, 2.24) is 5.32 Å². The van der Waals surface area contributed by atoms with Crippen molar-refractivity contribution in [3.8, 4) is 0 Å². The Morgan fingerprint density at radius 3 is 2.67 bits per heavy atom. The first-order chi connectivity index (χ1) is 10.0. The van der Waals surface area contributed by atoms with E-state index >= 15 is 0 Å². The molecule has 1 saturated carbocycles. The number of aliphatic hydroxyl groups excluding tert-OH is 1. The highest BCUT2D eigenvalue weighted by Crippen LogP contribution is 2.35. The molecule has 1 aliphatic carbocycles. The average molecular weight is 355 g/mol. The number of halogens is 1.